The predicted molar refractivity (Wildman–Crippen MR) is 100 cm³/mol. The third-order valence-corrected chi connectivity index (χ3v) is 4.46. The smallest absolute Gasteiger partial charge is 0.274 e. The second-order valence-electron chi connectivity index (χ2n) is 6.60. The fourth-order valence-electron chi connectivity index (χ4n) is 2.80. The van der Waals surface area contributed by atoms with Crippen LogP contribution in [0.2, 0.25) is 0 Å². The number of hydrogen-bond acceptors (Lipinski definition) is 5. The number of piperazine rings is 1. The van der Waals surface area contributed by atoms with E-state index in [-0.39, 0.29) is 5.91 Å². The molecular weight excluding hydrogens is 330 g/mol. The summed E-state index contributed by atoms with van der Waals surface area (Å²) in [5, 5.41) is 2.87. The largest absolute Gasteiger partial charge is 0.342 e. The molecule has 136 valence electrons. The van der Waals surface area contributed by atoms with Gasteiger partial charge in [-0.25, -0.2) is 9.97 Å². The van der Waals surface area contributed by atoms with E-state index < -0.39 is 0 Å². The van der Waals surface area contributed by atoms with Crippen molar-refractivity contribution in [1.82, 2.24) is 14.9 Å². The fourth-order valence-corrected chi connectivity index (χ4v) is 2.80. The highest BCUT2D eigenvalue weighted by molar-refractivity contribution is 6.02. The highest BCUT2D eigenvalue weighted by Crippen LogP contribution is 2.18. The van der Waals surface area contributed by atoms with Crippen LogP contribution in [-0.4, -0.2) is 53.4 Å². The zero-order chi connectivity index (χ0) is 18.5. The van der Waals surface area contributed by atoms with Gasteiger partial charge in [0.1, 0.15) is 5.69 Å². The molecule has 0 atom stereocenters. The van der Waals surface area contributed by atoms with Crippen molar-refractivity contribution >= 4 is 24.0 Å². The Balaban J connectivity index is 1.67. The van der Waals surface area contributed by atoms with E-state index in [9.17, 15) is 9.59 Å². The second-order valence-corrected chi connectivity index (χ2v) is 6.60. The normalized spacial score (nSPS) is 14.4. The number of rotatable bonds is 5. The summed E-state index contributed by atoms with van der Waals surface area (Å²) in [4.78, 5) is 35.6. The number of anilines is 2. The van der Waals surface area contributed by atoms with Gasteiger partial charge in [-0.1, -0.05) is 26.0 Å². The highest BCUT2D eigenvalue weighted by Gasteiger charge is 2.19. The number of aromatic nitrogens is 2. The van der Waals surface area contributed by atoms with Gasteiger partial charge in [-0.3, -0.25) is 9.59 Å². The van der Waals surface area contributed by atoms with Crippen LogP contribution >= 0.6 is 0 Å². The van der Waals surface area contributed by atoms with E-state index in [2.05, 4.69) is 29.1 Å². The number of amides is 2. The van der Waals surface area contributed by atoms with Crippen LogP contribution in [0.3, 0.4) is 0 Å². The molecule has 0 radical (unpaired) electrons. The molecule has 1 saturated heterocycles. The molecule has 1 aromatic carbocycles. The minimum atomic E-state index is -0.266. The van der Waals surface area contributed by atoms with Gasteiger partial charge in [0.25, 0.3) is 5.91 Å². The molecule has 26 heavy (non-hydrogen) atoms. The lowest BCUT2D eigenvalue weighted by Gasteiger charge is -2.32. The molecule has 0 spiro atoms. The first-order valence-electron chi connectivity index (χ1n) is 8.75. The summed E-state index contributed by atoms with van der Waals surface area (Å²) in [5.74, 6) is 0.694. The van der Waals surface area contributed by atoms with Crippen LogP contribution in [0.5, 0.6) is 0 Å². The molecule has 0 bridgehead atoms. The third kappa shape index (κ3) is 4.17. The maximum absolute atomic E-state index is 12.5. The Bertz CT molecular complexity index is 768. The van der Waals surface area contributed by atoms with Gasteiger partial charge < -0.3 is 15.1 Å². The van der Waals surface area contributed by atoms with Gasteiger partial charge in [0.2, 0.25) is 12.4 Å². The van der Waals surface area contributed by atoms with Crippen molar-refractivity contribution in [3.8, 4) is 0 Å². The average Bonchev–Trinajstić information content (AvgIpc) is 2.68. The Morgan fingerprint density at radius 3 is 2.42 bits per heavy atom. The van der Waals surface area contributed by atoms with Gasteiger partial charge in [0.05, 0.1) is 0 Å². The number of benzene rings is 1. The van der Waals surface area contributed by atoms with Crippen LogP contribution in [0.15, 0.2) is 36.5 Å². The summed E-state index contributed by atoms with van der Waals surface area (Å²) in [6, 6.07) is 9.42. The van der Waals surface area contributed by atoms with Gasteiger partial charge in [0, 0.05) is 38.1 Å². The van der Waals surface area contributed by atoms with E-state index in [1.165, 1.54) is 5.56 Å². The topological polar surface area (TPSA) is 78.4 Å². The minimum absolute atomic E-state index is 0.266. The molecular formula is C19H23N5O2. The third-order valence-electron chi connectivity index (χ3n) is 4.46. The number of nitrogens with one attached hydrogen (secondary N) is 1. The van der Waals surface area contributed by atoms with Gasteiger partial charge in [-0.2, -0.15) is 0 Å². The van der Waals surface area contributed by atoms with Gasteiger partial charge in [-0.15, -0.1) is 0 Å². The Morgan fingerprint density at radius 2 is 1.81 bits per heavy atom. The monoisotopic (exact) mass is 353 g/mol. The highest BCUT2D eigenvalue weighted by atomic mass is 16.2. The van der Waals surface area contributed by atoms with Crippen LogP contribution < -0.4 is 10.2 Å². The second kappa shape index (κ2) is 7.95. The minimum Gasteiger partial charge on any atom is -0.342 e. The molecule has 0 aliphatic carbocycles. The van der Waals surface area contributed by atoms with Crippen molar-refractivity contribution < 1.29 is 9.59 Å². The van der Waals surface area contributed by atoms with Crippen LogP contribution in [0.25, 0.3) is 0 Å². The first kappa shape index (κ1) is 17.8. The maximum atomic E-state index is 12.5. The van der Waals surface area contributed by atoms with Crippen molar-refractivity contribution in [3.05, 3.63) is 47.8 Å². The maximum Gasteiger partial charge on any atom is 0.274 e. The Morgan fingerprint density at radius 1 is 1.12 bits per heavy atom. The molecule has 1 aliphatic heterocycles. The van der Waals surface area contributed by atoms with Crippen LogP contribution in [0.1, 0.15) is 35.8 Å². The molecule has 1 aliphatic rings. The van der Waals surface area contributed by atoms with Gasteiger partial charge in [0.15, 0.2) is 0 Å². The molecule has 7 nitrogen and oxygen atoms in total. The summed E-state index contributed by atoms with van der Waals surface area (Å²) in [6.07, 6.45) is 2.44. The Hall–Kier alpha value is -2.96. The van der Waals surface area contributed by atoms with E-state index in [4.69, 9.17) is 0 Å². The van der Waals surface area contributed by atoms with E-state index in [0.29, 0.717) is 43.7 Å². The summed E-state index contributed by atoms with van der Waals surface area (Å²) in [6.45, 7) is 6.83. The van der Waals surface area contributed by atoms with Crippen molar-refractivity contribution in [2.45, 2.75) is 19.8 Å². The molecule has 0 unspecified atom stereocenters. The molecule has 3 rings (SSSR count). The molecule has 2 aromatic rings. The Labute approximate surface area is 153 Å². The quantitative estimate of drug-likeness (QED) is 0.833. The van der Waals surface area contributed by atoms with Crippen LogP contribution in [0.4, 0.5) is 11.6 Å². The first-order chi connectivity index (χ1) is 12.6. The number of carbonyl (C=O) groups is 2. The average molecular weight is 353 g/mol. The Kier molecular flexibility index (Phi) is 5.46. The van der Waals surface area contributed by atoms with Crippen molar-refractivity contribution in [2.75, 3.05) is 36.4 Å². The molecule has 1 fully saturated rings. The SMILES string of the molecule is CC(C)c1ccc(NC(=O)c2ccnc(N3CCN(C=O)CC3)n2)cc1. The predicted octanol–water partition coefficient (Wildman–Crippen LogP) is 2.13. The van der Waals surface area contributed by atoms with E-state index in [1.54, 1.807) is 17.2 Å². The summed E-state index contributed by atoms with van der Waals surface area (Å²) in [5.41, 5.74) is 2.28. The lowest BCUT2D eigenvalue weighted by Crippen LogP contribution is -2.46. The lowest BCUT2D eigenvalue weighted by atomic mass is 10.0. The number of carbonyl (C=O) groups excluding carboxylic acids is 2. The van der Waals surface area contributed by atoms with E-state index in [0.717, 1.165) is 12.1 Å². The van der Waals surface area contributed by atoms with E-state index in [1.807, 2.05) is 29.2 Å². The molecule has 2 amide bonds. The van der Waals surface area contributed by atoms with Crippen molar-refractivity contribution in [1.29, 1.82) is 0 Å². The standard InChI is InChI=1S/C19H23N5O2/c1-14(2)15-3-5-16(6-4-15)21-18(26)17-7-8-20-19(22-17)24-11-9-23(13-25)10-12-24/h3-8,13-14H,9-12H2,1-2H3,(H,21,26). The number of nitrogens with zero attached hydrogens (tertiary/aromatic N) is 4. The molecule has 2 heterocycles. The zero-order valence-corrected chi connectivity index (χ0v) is 15.1. The number of hydrogen-bond donors (Lipinski definition) is 1. The first-order valence-corrected chi connectivity index (χ1v) is 8.75. The molecule has 0 saturated carbocycles. The zero-order valence-electron chi connectivity index (χ0n) is 15.1. The van der Waals surface area contributed by atoms with Crippen LogP contribution in [0, 0.1) is 0 Å². The lowest BCUT2D eigenvalue weighted by molar-refractivity contribution is -0.118. The summed E-state index contributed by atoms with van der Waals surface area (Å²) in [7, 11) is 0. The summed E-state index contributed by atoms with van der Waals surface area (Å²) < 4.78 is 0. The molecule has 1 aromatic heterocycles. The summed E-state index contributed by atoms with van der Waals surface area (Å²) >= 11 is 0. The van der Waals surface area contributed by atoms with Crippen molar-refractivity contribution in [2.24, 2.45) is 0 Å². The molecule has 7 heteroatoms. The van der Waals surface area contributed by atoms with Crippen LogP contribution in [-0.2, 0) is 4.79 Å². The van der Waals surface area contributed by atoms with E-state index >= 15 is 0 Å². The molecule has 1 N–H and O–H groups in total. The van der Waals surface area contributed by atoms with Gasteiger partial charge in [-0.05, 0) is 29.7 Å². The van der Waals surface area contributed by atoms with Gasteiger partial charge >= 0.3 is 0 Å². The fraction of sp³-hybridized carbons (Fsp3) is 0.368. The van der Waals surface area contributed by atoms with Crippen molar-refractivity contribution in [3.63, 3.8) is 0 Å².